The molecule has 0 aromatic heterocycles. The molecule has 0 aliphatic heterocycles. The van der Waals surface area contributed by atoms with Crippen LogP contribution in [0.3, 0.4) is 0 Å². The lowest BCUT2D eigenvalue weighted by Gasteiger charge is -2.07. The molecular weight excluding hydrogens is 316 g/mol. The Balaban J connectivity index is 3.09. The monoisotopic (exact) mass is 358 g/mol. The molecule has 0 aromatic rings. The van der Waals surface area contributed by atoms with E-state index >= 15 is 0 Å². The van der Waals surface area contributed by atoms with Crippen LogP contribution in [0.5, 0.6) is 0 Å². The minimum Gasteiger partial charge on any atom is -0.394 e. The van der Waals surface area contributed by atoms with Gasteiger partial charge < -0.3 is 4.18 Å². The van der Waals surface area contributed by atoms with Crippen LogP contribution in [0.1, 0.15) is 123 Å². The van der Waals surface area contributed by atoms with E-state index in [4.69, 9.17) is 0 Å². The first-order chi connectivity index (χ1) is 11.7. The van der Waals surface area contributed by atoms with E-state index in [0.29, 0.717) is 0 Å². The van der Waals surface area contributed by atoms with Gasteiger partial charge in [0.2, 0.25) is 0 Å². The van der Waals surface area contributed by atoms with Crippen molar-refractivity contribution in [3.8, 4) is 0 Å². The van der Waals surface area contributed by atoms with E-state index in [1.165, 1.54) is 96.3 Å². The first kappa shape index (κ1) is 23.8. The molecule has 1 unspecified atom stereocenters. The maximum atomic E-state index is 11.2. The predicted molar refractivity (Wildman–Crippen MR) is 108 cm³/mol. The molecule has 144 valence electrons. The second kappa shape index (κ2) is 19.1. The van der Waals surface area contributed by atoms with Crippen molar-refractivity contribution in [1.29, 1.82) is 0 Å². The van der Waals surface area contributed by atoms with Crippen LogP contribution in [-0.4, -0.2) is 5.97 Å². The number of unbranched alkanes of at least 4 members (excludes halogenated alkanes) is 15. The van der Waals surface area contributed by atoms with Gasteiger partial charge in [-0.05, 0) is 6.42 Å². The first-order valence-electron chi connectivity index (χ1n) is 10.6. The van der Waals surface area contributed by atoms with Crippen LogP contribution in [0.4, 0.5) is 0 Å². The van der Waals surface area contributed by atoms with Crippen molar-refractivity contribution in [3.63, 3.8) is 0 Å². The maximum Gasteiger partial charge on any atom is 0.320 e. The van der Waals surface area contributed by atoms with Crippen LogP contribution in [0.25, 0.3) is 0 Å². The van der Waals surface area contributed by atoms with Crippen LogP contribution < -0.4 is 0 Å². The fraction of sp³-hybridized carbons (Fsp3) is 0.952. The standard InChI is InChI=1S/C21H42O2S/c1-3-4-5-6-7-8-9-10-11-12-13-14-15-16-17-18-19-20(2)21(22)23-24/h20,24H,3-19H2,1-2H3. The van der Waals surface area contributed by atoms with E-state index in [1.54, 1.807) is 0 Å². The summed E-state index contributed by atoms with van der Waals surface area (Å²) in [6, 6.07) is 0. The summed E-state index contributed by atoms with van der Waals surface area (Å²) in [5.41, 5.74) is 0. The molecule has 0 aliphatic rings. The quantitative estimate of drug-likeness (QED) is 0.155. The zero-order valence-corrected chi connectivity index (χ0v) is 17.3. The summed E-state index contributed by atoms with van der Waals surface area (Å²) in [4.78, 5) is 11.2. The van der Waals surface area contributed by atoms with Crippen LogP contribution in [0.15, 0.2) is 0 Å². The minimum atomic E-state index is -0.195. The normalized spacial score (nSPS) is 12.3. The van der Waals surface area contributed by atoms with Gasteiger partial charge in [-0.3, -0.25) is 4.79 Å². The molecule has 2 nitrogen and oxygen atoms in total. The fourth-order valence-electron chi connectivity index (χ4n) is 3.21. The van der Waals surface area contributed by atoms with Gasteiger partial charge in [0.05, 0.1) is 5.92 Å². The Bertz CT molecular complexity index is 269. The fourth-order valence-corrected chi connectivity index (χ4v) is 3.39. The summed E-state index contributed by atoms with van der Waals surface area (Å²) in [5.74, 6) is -0.201. The van der Waals surface area contributed by atoms with Gasteiger partial charge in [-0.2, -0.15) is 0 Å². The molecule has 0 rings (SSSR count). The lowest BCUT2D eigenvalue weighted by Crippen LogP contribution is -2.10. The van der Waals surface area contributed by atoms with Gasteiger partial charge in [-0.1, -0.05) is 117 Å². The molecule has 0 bridgehead atoms. The Morgan fingerprint density at radius 1 is 0.708 bits per heavy atom. The van der Waals surface area contributed by atoms with Crippen LogP contribution in [0.2, 0.25) is 0 Å². The van der Waals surface area contributed by atoms with Crippen molar-refractivity contribution in [2.24, 2.45) is 5.92 Å². The third-order valence-electron chi connectivity index (χ3n) is 4.98. The average molecular weight is 359 g/mol. The van der Waals surface area contributed by atoms with E-state index in [-0.39, 0.29) is 11.9 Å². The van der Waals surface area contributed by atoms with Gasteiger partial charge in [-0.25, -0.2) is 0 Å². The van der Waals surface area contributed by atoms with Crippen LogP contribution in [-0.2, 0) is 8.98 Å². The Labute approximate surface area is 157 Å². The molecule has 1 atom stereocenters. The van der Waals surface area contributed by atoms with Crippen LogP contribution in [0, 0.1) is 5.92 Å². The number of rotatable bonds is 18. The molecule has 0 aliphatic carbocycles. The molecule has 24 heavy (non-hydrogen) atoms. The van der Waals surface area contributed by atoms with Crippen LogP contribution >= 0.6 is 12.9 Å². The molecular formula is C21H42O2S. The van der Waals surface area contributed by atoms with Gasteiger partial charge in [0, 0.05) is 12.9 Å². The lowest BCUT2D eigenvalue weighted by atomic mass is 10.0. The second-order valence-electron chi connectivity index (χ2n) is 7.40. The predicted octanol–water partition coefficient (Wildman–Crippen LogP) is 7.66. The third-order valence-corrected chi connectivity index (χ3v) is 5.16. The SMILES string of the molecule is CCCCCCCCCCCCCCCCCCC(C)C(=O)OS. The number of carbonyl (C=O) groups excluding carboxylic acids is 1. The molecule has 0 fully saturated rings. The molecule has 0 saturated heterocycles. The number of hydrogen-bond acceptors (Lipinski definition) is 3. The molecule has 0 N–H and O–H groups in total. The average Bonchev–Trinajstić information content (AvgIpc) is 2.60. The highest BCUT2D eigenvalue weighted by Crippen LogP contribution is 2.15. The smallest absolute Gasteiger partial charge is 0.320 e. The molecule has 3 heteroatoms. The maximum absolute atomic E-state index is 11.2. The number of carbonyl (C=O) groups is 1. The van der Waals surface area contributed by atoms with E-state index in [2.05, 4.69) is 24.0 Å². The largest absolute Gasteiger partial charge is 0.394 e. The van der Waals surface area contributed by atoms with E-state index in [1.807, 2.05) is 6.92 Å². The van der Waals surface area contributed by atoms with Crippen molar-refractivity contribution in [1.82, 2.24) is 0 Å². The zero-order valence-electron chi connectivity index (χ0n) is 16.4. The summed E-state index contributed by atoms with van der Waals surface area (Å²) in [6.07, 6.45) is 23.0. The summed E-state index contributed by atoms with van der Waals surface area (Å²) in [5, 5.41) is 0. The van der Waals surface area contributed by atoms with E-state index in [0.717, 1.165) is 12.8 Å². The lowest BCUT2D eigenvalue weighted by molar-refractivity contribution is -0.137. The van der Waals surface area contributed by atoms with Crippen molar-refractivity contribution < 1.29 is 8.98 Å². The van der Waals surface area contributed by atoms with Crippen molar-refractivity contribution in [3.05, 3.63) is 0 Å². The Hall–Kier alpha value is -0.180. The Morgan fingerprint density at radius 3 is 1.38 bits per heavy atom. The topological polar surface area (TPSA) is 26.3 Å². The number of thiol groups is 1. The van der Waals surface area contributed by atoms with Gasteiger partial charge in [0.1, 0.15) is 0 Å². The zero-order chi connectivity index (χ0) is 17.9. The van der Waals surface area contributed by atoms with E-state index < -0.39 is 0 Å². The van der Waals surface area contributed by atoms with Crippen molar-refractivity contribution in [2.75, 3.05) is 0 Å². The Morgan fingerprint density at radius 2 is 1.04 bits per heavy atom. The summed E-state index contributed by atoms with van der Waals surface area (Å²) in [7, 11) is 0. The van der Waals surface area contributed by atoms with Gasteiger partial charge in [-0.15, -0.1) is 0 Å². The molecule has 0 aromatic carbocycles. The van der Waals surface area contributed by atoms with Gasteiger partial charge in [0.25, 0.3) is 0 Å². The minimum absolute atomic E-state index is 0.00542. The number of hydrogen-bond donors (Lipinski definition) is 1. The summed E-state index contributed by atoms with van der Waals surface area (Å²) < 4.78 is 4.45. The van der Waals surface area contributed by atoms with Gasteiger partial charge >= 0.3 is 5.97 Å². The summed E-state index contributed by atoms with van der Waals surface area (Å²) in [6.45, 7) is 4.20. The molecule has 0 spiro atoms. The first-order valence-corrected chi connectivity index (χ1v) is 10.9. The third kappa shape index (κ3) is 16.7. The highest BCUT2D eigenvalue weighted by molar-refractivity contribution is 7.75. The summed E-state index contributed by atoms with van der Waals surface area (Å²) >= 11 is 3.56. The van der Waals surface area contributed by atoms with Crippen molar-refractivity contribution >= 4 is 18.9 Å². The molecule has 0 amide bonds. The van der Waals surface area contributed by atoms with Gasteiger partial charge in [0.15, 0.2) is 0 Å². The second-order valence-corrected chi connectivity index (χ2v) is 7.59. The van der Waals surface area contributed by atoms with E-state index in [9.17, 15) is 4.79 Å². The highest BCUT2D eigenvalue weighted by Gasteiger charge is 2.12. The Kier molecular flexibility index (Phi) is 19.0. The molecule has 0 heterocycles. The molecule has 0 saturated carbocycles. The van der Waals surface area contributed by atoms with Crippen molar-refractivity contribution in [2.45, 2.75) is 123 Å². The highest BCUT2D eigenvalue weighted by atomic mass is 32.1. The molecule has 0 radical (unpaired) electrons.